The van der Waals surface area contributed by atoms with E-state index in [1.807, 2.05) is 25.9 Å². The van der Waals surface area contributed by atoms with Gasteiger partial charge in [0, 0.05) is 12.6 Å². The summed E-state index contributed by atoms with van der Waals surface area (Å²) in [7, 11) is 0.334. The van der Waals surface area contributed by atoms with Gasteiger partial charge in [-0.05, 0) is 46.1 Å². The van der Waals surface area contributed by atoms with E-state index in [0.717, 1.165) is 23.5 Å². The van der Waals surface area contributed by atoms with Crippen molar-refractivity contribution in [1.29, 1.82) is 0 Å². The minimum Gasteiger partial charge on any atom is -0.494 e. The van der Waals surface area contributed by atoms with Gasteiger partial charge < -0.3 is 15.0 Å². The molecule has 0 bridgehead atoms. The lowest BCUT2D eigenvalue weighted by molar-refractivity contribution is -0.119. The van der Waals surface area contributed by atoms with Crippen LogP contribution in [0, 0.1) is 0 Å². The predicted octanol–water partition coefficient (Wildman–Crippen LogP) is 0.919. The molecule has 0 aliphatic rings. The third-order valence-electron chi connectivity index (χ3n) is 3.21. The number of nitrogens with zero attached hydrogens (tertiary/aromatic N) is 2. The summed E-state index contributed by atoms with van der Waals surface area (Å²) in [6.45, 7) is 3.44. The van der Waals surface area contributed by atoms with Crippen LogP contribution in [0.4, 0.5) is 5.69 Å². The van der Waals surface area contributed by atoms with Crippen molar-refractivity contribution < 1.29 is 17.9 Å². The quantitative estimate of drug-likeness (QED) is 0.630. The predicted molar refractivity (Wildman–Crippen MR) is 96.0 cm³/mol. The molecule has 0 saturated carbocycles. The molecule has 0 spiro atoms. The van der Waals surface area contributed by atoms with Crippen molar-refractivity contribution in [3.05, 3.63) is 24.3 Å². The van der Waals surface area contributed by atoms with E-state index in [2.05, 4.69) is 5.32 Å². The summed E-state index contributed by atoms with van der Waals surface area (Å²) < 4.78 is 30.6. The lowest BCUT2D eigenvalue weighted by atomic mass is 10.3. The fourth-order valence-corrected chi connectivity index (χ4v) is 2.95. The van der Waals surface area contributed by atoms with E-state index in [4.69, 9.17) is 4.74 Å². The second-order valence-electron chi connectivity index (χ2n) is 5.71. The Hall–Kier alpha value is -1.80. The van der Waals surface area contributed by atoms with Crippen molar-refractivity contribution in [2.75, 3.05) is 50.9 Å². The van der Waals surface area contributed by atoms with Gasteiger partial charge in [-0.15, -0.1) is 0 Å². The van der Waals surface area contributed by atoms with Crippen molar-refractivity contribution in [2.45, 2.75) is 13.3 Å². The topological polar surface area (TPSA) is 79.0 Å². The number of sulfonamides is 1. The summed E-state index contributed by atoms with van der Waals surface area (Å²) in [5.74, 6) is 0.232. The Morgan fingerprint density at radius 2 is 2.00 bits per heavy atom. The largest absolute Gasteiger partial charge is 0.494 e. The monoisotopic (exact) mass is 357 g/mol. The maximum atomic E-state index is 12.1. The Morgan fingerprint density at radius 1 is 1.29 bits per heavy atom. The van der Waals surface area contributed by atoms with E-state index in [1.54, 1.807) is 24.3 Å². The number of hydrogen-bond donors (Lipinski definition) is 1. The van der Waals surface area contributed by atoms with Gasteiger partial charge in [0.15, 0.2) is 0 Å². The average molecular weight is 357 g/mol. The number of carbonyl (C=O) groups is 1. The Balaban J connectivity index is 2.77. The van der Waals surface area contributed by atoms with E-state index in [-0.39, 0.29) is 12.5 Å². The second-order valence-corrected chi connectivity index (χ2v) is 7.61. The molecular formula is C16H27N3O4S. The molecule has 1 aromatic rings. The lowest BCUT2D eigenvalue weighted by Gasteiger charge is -2.22. The third-order valence-corrected chi connectivity index (χ3v) is 4.35. The highest BCUT2D eigenvalue weighted by molar-refractivity contribution is 7.92. The van der Waals surface area contributed by atoms with Crippen molar-refractivity contribution in [3.8, 4) is 5.75 Å². The van der Waals surface area contributed by atoms with Gasteiger partial charge in [0.2, 0.25) is 15.9 Å². The first-order valence-electron chi connectivity index (χ1n) is 7.86. The van der Waals surface area contributed by atoms with Crippen LogP contribution in [0.25, 0.3) is 0 Å². The smallest absolute Gasteiger partial charge is 0.240 e. The highest BCUT2D eigenvalue weighted by Gasteiger charge is 2.21. The molecule has 136 valence electrons. The van der Waals surface area contributed by atoms with Crippen molar-refractivity contribution in [1.82, 2.24) is 10.2 Å². The molecule has 0 aromatic heterocycles. The van der Waals surface area contributed by atoms with Crippen LogP contribution in [0.5, 0.6) is 5.75 Å². The molecular weight excluding hydrogens is 330 g/mol. The highest BCUT2D eigenvalue weighted by atomic mass is 32.2. The third kappa shape index (κ3) is 7.18. The summed E-state index contributed by atoms with van der Waals surface area (Å²) >= 11 is 0. The number of amides is 1. The van der Waals surface area contributed by atoms with Crippen molar-refractivity contribution in [2.24, 2.45) is 0 Å². The number of anilines is 1. The van der Waals surface area contributed by atoms with Crippen LogP contribution in [-0.4, -0.2) is 65.8 Å². The molecule has 1 rings (SSSR count). The summed E-state index contributed by atoms with van der Waals surface area (Å²) in [6.07, 6.45) is 1.89. The van der Waals surface area contributed by atoms with E-state index in [0.29, 0.717) is 24.6 Å². The van der Waals surface area contributed by atoms with Crippen LogP contribution in [0.1, 0.15) is 13.3 Å². The Morgan fingerprint density at radius 3 is 2.58 bits per heavy atom. The molecule has 0 aliphatic carbocycles. The first kappa shape index (κ1) is 20.2. The van der Waals surface area contributed by atoms with Crippen LogP contribution in [0.2, 0.25) is 0 Å². The van der Waals surface area contributed by atoms with Crippen LogP contribution in [0.15, 0.2) is 24.3 Å². The van der Waals surface area contributed by atoms with Gasteiger partial charge in [-0.1, -0.05) is 6.07 Å². The summed E-state index contributed by atoms with van der Waals surface area (Å²) in [5, 5.41) is 2.75. The molecule has 24 heavy (non-hydrogen) atoms. The molecule has 0 radical (unpaired) electrons. The normalized spacial score (nSPS) is 11.4. The van der Waals surface area contributed by atoms with Gasteiger partial charge in [-0.25, -0.2) is 8.42 Å². The first-order chi connectivity index (χ1) is 11.2. The molecule has 1 aromatic carbocycles. The minimum absolute atomic E-state index is 0.254. The van der Waals surface area contributed by atoms with Crippen LogP contribution >= 0.6 is 0 Å². The fraction of sp³-hybridized carbons (Fsp3) is 0.562. The molecule has 0 unspecified atom stereocenters. The summed E-state index contributed by atoms with van der Waals surface area (Å²) in [4.78, 5) is 14.1. The average Bonchev–Trinajstić information content (AvgIpc) is 2.48. The van der Waals surface area contributed by atoms with Crippen LogP contribution in [-0.2, 0) is 14.8 Å². The Bertz CT molecular complexity index is 632. The fourth-order valence-electron chi connectivity index (χ4n) is 2.10. The molecule has 7 nitrogen and oxygen atoms in total. The van der Waals surface area contributed by atoms with Crippen LogP contribution in [0.3, 0.4) is 0 Å². The molecule has 1 N–H and O–H groups in total. The van der Waals surface area contributed by atoms with Gasteiger partial charge in [-0.3, -0.25) is 9.10 Å². The molecule has 1 amide bonds. The summed E-state index contributed by atoms with van der Waals surface area (Å²) in [6, 6.07) is 6.70. The van der Waals surface area contributed by atoms with Gasteiger partial charge >= 0.3 is 0 Å². The van der Waals surface area contributed by atoms with Crippen molar-refractivity contribution >= 4 is 21.6 Å². The van der Waals surface area contributed by atoms with Gasteiger partial charge in [0.25, 0.3) is 0 Å². The second kappa shape index (κ2) is 9.48. The molecule has 0 fully saturated rings. The number of benzene rings is 1. The maximum absolute atomic E-state index is 12.1. The van der Waals surface area contributed by atoms with E-state index in [1.165, 1.54) is 0 Å². The van der Waals surface area contributed by atoms with E-state index in [9.17, 15) is 13.2 Å². The zero-order valence-corrected chi connectivity index (χ0v) is 15.6. The number of rotatable bonds is 10. The van der Waals surface area contributed by atoms with Crippen molar-refractivity contribution in [3.63, 3.8) is 0 Å². The lowest BCUT2D eigenvalue weighted by Crippen LogP contribution is -2.41. The highest BCUT2D eigenvalue weighted by Crippen LogP contribution is 2.23. The van der Waals surface area contributed by atoms with Crippen LogP contribution < -0.4 is 14.4 Å². The molecule has 0 heterocycles. The van der Waals surface area contributed by atoms with Gasteiger partial charge in [0.1, 0.15) is 12.3 Å². The number of hydrogen-bond acceptors (Lipinski definition) is 5. The Labute approximate surface area is 144 Å². The first-order valence-corrected chi connectivity index (χ1v) is 9.71. The number of nitrogens with one attached hydrogen (secondary N) is 1. The number of carbonyl (C=O) groups excluding carboxylic acids is 1. The zero-order valence-electron chi connectivity index (χ0n) is 14.8. The molecule has 8 heteroatoms. The summed E-state index contributed by atoms with van der Waals surface area (Å²) in [5.41, 5.74) is 0.409. The molecule has 0 saturated heterocycles. The minimum atomic E-state index is -3.58. The maximum Gasteiger partial charge on any atom is 0.240 e. The Kier molecular flexibility index (Phi) is 8.00. The standard InChI is InChI=1S/C16H27N3O4S/c1-5-23-15-9-6-8-14(12-15)19(24(4,21)22)13-16(20)17-10-7-11-18(2)3/h6,8-9,12H,5,7,10-11,13H2,1-4H3,(H,17,20). The van der Waals surface area contributed by atoms with E-state index >= 15 is 0 Å². The number of ether oxygens (including phenoxy) is 1. The zero-order chi connectivity index (χ0) is 18.2. The molecule has 0 aliphatic heterocycles. The SMILES string of the molecule is CCOc1cccc(N(CC(=O)NCCCN(C)C)S(C)(=O)=O)c1. The van der Waals surface area contributed by atoms with E-state index < -0.39 is 10.0 Å². The van der Waals surface area contributed by atoms with Gasteiger partial charge in [0.05, 0.1) is 18.6 Å². The van der Waals surface area contributed by atoms with Gasteiger partial charge in [-0.2, -0.15) is 0 Å². The molecule has 0 atom stereocenters.